The van der Waals surface area contributed by atoms with Crippen LogP contribution in [0.5, 0.6) is 0 Å². The molecular weight excluding hydrogens is 314 g/mol. The van der Waals surface area contributed by atoms with Gasteiger partial charge in [0.2, 0.25) is 5.91 Å². The molecule has 1 amide bonds. The van der Waals surface area contributed by atoms with Crippen molar-refractivity contribution in [2.24, 2.45) is 0 Å². The molecule has 2 heterocycles. The van der Waals surface area contributed by atoms with Crippen LogP contribution in [0.25, 0.3) is 0 Å². The summed E-state index contributed by atoms with van der Waals surface area (Å²) in [6, 6.07) is 9.55. The van der Waals surface area contributed by atoms with E-state index >= 15 is 0 Å². The Labute approximate surface area is 140 Å². The summed E-state index contributed by atoms with van der Waals surface area (Å²) < 4.78 is 5.89. The number of nitrogens with zero attached hydrogens (tertiary/aromatic N) is 2. The predicted molar refractivity (Wildman–Crippen MR) is 88.3 cm³/mol. The van der Waals surface area contributed by atoms with E-state index in [9.17, 15) is 4.79 Å². The highest BCUT2D eigenvalue weighted by atomic mass is 35.5. The predicted octanol–water partition coefficient (Wildman–Crippen LogP) is 2.90. The van der Waals surface area contributed by atoms with Gasteiger partial charge in [-0.3, -0.25) is 9.89 Å². The van der Waals surface area contributed by atoms with Gasteiger partial charge in [0.1, 0.15) is 6.10 Å². The maximum Gasteiger partial charge on any atom is 0.229 e. The molecule has 5 nitrogen and oxygen atoms in total. The summed E-state index contributed by atoms with van der Waals surface area (Å²) >= 11 is 6.26. The number of hydrogen-bond acceptors (Lipinski definition) is 3. The number of carbonyl (C=O) groups excluding carboxylic acids is 1. The van der Waals surface area contributed by atoms with Crippen molar-refractivity contribution in [1.82, 2.24) is 15.1 Å². The smallest absolute Gasteiger partial charge is 0.229 e. The number of hydrogen-bond donors (Lipinski definition) is 1. The van der Waals surface area contributed by atoms with Gasteiger partial charge in [-0.25, -0.2) is 0 Å². The van der Waals surface area contributed by atoms with Crippen LogP contribution in [0.15, 0.2) is 30.3 Å². The van der Waals surface area contributed by atoms with Crippen LogP contribution in [-0.4, -0.2) is 40.2 Å². The lowest BCUT2D eigenvalue weighted by atomic mass is 10.1. The summed E-state index contributed by atoms with van der Waals surface area (Å²) in [5, 5.41) is 7.68. The molecule has 0 saturated carbocycles. The molecule has 23 heavy (non-hydrogen) atoms. The van der Waals surface area contributed by atoms with Crippen molar-refractivity contribution < 1.29 is 9.53 Å². The van der Waals surface area contributed by atoms with Crippen LogP contribution in [0.1, 0.15) is 30.0 Å². The third-order valence-corrected chi connectivity index (χ3v) is 4.44. The maximum atomic E-state index is 12.6. The summed E-state index contributed by atoms with van der Waals surface area (Å²) in [5.74, 6) is 0.0596. The van der Waals surface area contributed by atoms with Crippen molar-refractivity contribution in [3.8, 4) is 0 Å². The second kappa shape index (κ2) is 6.72. The molecular formula is C17H20ClN3O2. The largest absolute Gasteiger partial charge is 0.369 e. The Kier molecular flexibility index (Phi) is 4.68. The number of aromatic amines is 1. The van der Waals surface area contributed by atoms with Crippen LogP contribution in [0.4, 0.5) is 0 Å². The molecule has 2 atom stereocenters. The monoisotopic (exact) mass is 333 g/mol. The lowest BCUT2D eigenvalue weighted by molar-refractivity contribution is -0.143. The molecule has 0 radical (unpaired) electrons. The SMILES string of the molecule is Cc1cc(CC(=O)N2C[C@@H](c3ccccc3Cl)OC[C@H]2C)n[nH]1. The molecule has 1 aromatic heterocycles. The van der Waals surface area contributed by atoms with E-state index in [4.69, 9.17) is 16.3 Å². The molecule has 0 aliphatic carbocycles. The molecule has 1 aliphatic heterocycles. The summed E-state index contributed by atoms with van der Waals surface area (Å²) in [4.78, 5) is 14.5. The zero-order valence-corrected chi connectivity index (χ0v) is 14.0. The van der Waals surface area contributed by atoms with Crippen molar-refractivity contribution >= 4 is 17.5 Å². The first-order chi connectivity index (χ1) is 11.0. The lowest BCUT2D eigenvalue weighted by Crippen LogP contribution is -2.48. The number of H-pyrrole nitrogens is 1. The molecule has 6 heteroatoms. The van der Waals surface area contributed by atoms with E-state index in [0.717, 1.165) is 17.0 Å². The summed E-state index contributed by atoms with van der Waals surface area (Å²) in [6.07, 6.45) is 0.106. The first-order valence-corrected chi connectivity index (χ1v) is 8.09. The Morgan fingerprint density at radius 2 is 2.26 bits per heavy atom. The van der Waals surface area contributed by atoms with Gasteiger partial charge in [0.05, 0.1) is 31.3 Å². The number of benzene rings is 1. The Balaban J connectivity index is 1.73. The molecule has 1 saturated heterocycles. The molecule has 3 rings (SSSR count). The second-order valence-electron chi connectivity index (χ2n) is 5.96. The topological polar surface area (TPSA) is 58.2 Å². The van der Waals surface area contributed by atoms with Crippen LogP contribution in [0.2, 0.25) is 5.02 Å². The average molecular weight is 334 g/mol. The number of aryl methyl sites for hydroxylation is 1. The van der Waals surface area contributed by atoms with Gasteiger partial charge in [-0.05, 0) is 26.0 Å². The zero-order chi connectivity index (χ0) is 16.4. The minimum absolute atomic E-state index is 0.0428. The van der Waals surface area contributed by atoms with Crippen LogP contribution in [0, 0.1) is 6.92 Å². The Bertz CT molecular complexity index is 701. The van der Waals surface area contributed by atoms with Gasteiger partial charge >= 0.3 is 0 Å². The normalized spacial score (nSPS) is 21.4. The number of halogens is 1. The first kappa shape index (κ1) is 16.0. The molecule has 0 bridgehead atoms. The minimum atomic E-state index is -0.190. The van der Waals surface area contributed by atoms with Gasteiger partial charge < -0.3 is 9.64 Å². The number of morpholine rings is 1. The van der Waals surface area contributed by atoms with Gasteiger partial charge in [0, 0.05) is 16.3 Å². The fraction of sp³-hybridized carbons (Fsp3) is 0.412. The average Bonchev–Trinajstić information content (AvgIpc) is 2.93. The molecule has 0 unspecified atom stereocenters. The van der Waals surface area contributed by atoms with E-state index in [-0.39, 0.29) is 18.1 Å². The zero-order valence-electron chi connectivity index (χ0n) is 13.3. The molecule has 122 valence electrons. The number of amides is 1. The number of nitrogens with one attached hydrogen (secondary N) is 1. The fourth-order valence-corrected chi connectivity index (χ4v) is 3.11. The summed E-state index contributed by atoms with van der Waals surface area (Å²) in [5.41, 5.74) is 2.65. The quantitative estimate of drug-likeness (QED) is 0.939. The molecule has 0 spiro atoms. The van der Waals surface area contributed by atoms with Gasteiger partial charge in [0.15, 0.2) is 0 Å². The van der Waals surface area contributed by atoms with Crippen LogP contribution < -0.4 is 0 Å². The number of ether oxygens (including phenoxy) is 1. The van der Waals surface area contributed by atoms with Gasteiger partial charge in [-0.15, -0.1) is 0 Å². The van der Waals surface area contributed by atoms with E-state index in [0.29, 0.717) is 24.6 Å². The Morgan fingerprint density at radius 3 is 2.96 bits per heavy atom. The highest BCUT2D eigenvalue weighted by Gasteiger charge is 2.31. The third kappa shape index (κ3) is 3.57. The van der Waals surface area contributed by atoms with Crippen LogP contribution >= 0.6 is 11.6 Å². The van der Waals surface area contributed by atoms with Gasteiger partial charge in [-0.2, -0.15) is 5.10 Å². The maximum absolute atomic E-state index is 12.6. The number of carbonyl (C=O) groups is 1. The summed E-state index contributed by atoms with van der Waals surface area (Å²) in [6.45, 7) is 4.93. The van der Waals surface area contributed by atoms with E-state index < -0.39 is 0 Å². The second-order valence-corrected chi connectivity index (χ2v) is 6.36. The number of rotatable bonds is 3. The van der Waals surface area contributed by atoms with E-state index in [1.807, 2.05) is 49.1 Å². The van der Waals surface area contributed by atoms with Crippen molar-refractivity contribution in [3.05, 3.63) is 52.3 Å². The summed E-state index contributed by atoms with van der Waals surface area (Å²) in [7, 11) is 0. The van der Waals surface area contributed by atoms with Crippen LogP contribution in [-0.2, 0) is 16.0 Å². The number of aromatic nitrogens is 2. The Morgan fingerprint density at radius 1 is 1.48 bits per heavy atom. The minimum Gasteiger partial charge on any atom is -0.369 e. The molecule has 1 aliphatic rings. The highest BCUT2D eigenvalue weighted by Crippen LogP contribution is 2.30. The molecule has 1 N–H and O–H groups in total. The fourth-order valence-electron chi connectivity index (χ4n) is 2.85. The van der Waals surface area contributed by atoms with Crippen molar-refractivity contribution in [2.75, 3.05) is 13.2 Å². The van der Waals surface area contributed by atoms with E-state index in [1.165, 1.54) is 0 Å². The Hall–Kier alpha value is -1.85. The third-order valence-electron chi connectivity index (χ3n) is 4.10. The van der Waals surface area contributed by atoms with E-state index in [2.05, 4.69) is 10.2 Å². The molecule has 1 fully saturated rings. The lowest BCUT2D eigenvalue weighted by Gasteiger charge is -2.38. The first-order valence-electron chi connectivity index (χ1n) is 7.71. The highest BCUT2D eigenvalue weighted by molar-refractivity contribution is 6.31. The molecule has 1 aromatic carbocycles. The van der Waals surface area contributed by atoms with Crippen molar-refractivity contribution in [2.45, 2.75) is 32.4 Å². The van der Waals surface area contributed by atoms with Crippen molar-refractivity contribution in [3.63, 3.8) is 0 Å². The van der Waals surface area contributed by atoms with Gasteiger partial charge in [0.25, 0.3) is 0 Å². The van der Waals surface area contributed by atoms with Gasteiger partial charge in [-0.1, -0.05) is 29.8 Å². The van der Waals surface area contributed by atoms with E-state index in [1.54, 1.807) is 0 Å². The standard InChI is InChI=1S/C17H20ClN3O2/c1-11-7-13(20-19-11)8-17(22)21-9-16(23-10-12(21)2)14-5-3-4-6-15(14)18/h3-7,12,16H,8-10H2,1-2H3,(H,19,20)/t12-,16+/m1/s1. The van der Waals surface area contributed by atoms with Crippen molar-refractivity contribution in [1.29, 1.82) is 0 Å². The van der Waals surface area contributed by atoms with Crippen LogP contribution in [0.3, 0.4) is 0 Å². The molecule has 2 aromatic rings.